The molecule has 2 saturated heterocycles. The van der Waals surface area contributed by atoms with Crippen molar-refractivity contribution in [2.24, 2.45) is 0 Å². The summed E-state index contributed by atoms with van der Waals surface area (Å²) in [5.41, 5.74) is 0. The number of rotatable bonds is 7. The van der Waals surface area contributed by atoms with Crippen LogP contribution in [0.2, 0.25) is 0 Å². The van der Waals surface area contributed by atoms with Crippen molar-refractivity contribution >= 4 is 17.8 Å². The van der Waals surface area contributed by atoms with E-state index in [9.17, 15) is 14.4 Å². The summed E-state index contributed by atoms with van der Waals surface area (Å²) in [6.07, 6.45) is 4.03. The van der Waals surface area contributed by atoms with E-state index in [1.807, 2.05) is 0 Å². The standard InChI is InChI=1S/C15H26N4O3/c1-2-7-18-9-5-12(6-10-18)17-13(20)4-3-8-19-14(21)11-16-15(19)22/h12H,2-11H2,1H3,(H,16,22)(H,17,20). The van der Waals surface area contributed by atoms with Gasteiger partial charge in [-0.1, -0.05) is 6.92 Å². The minimum Gasteiger partial charge on any atom is -0.353 e. The summed E-state index contributed by atoms with van der Waals surface area (Å²) in [6, 6.07) is -0.0916. The van der Waals surface area contributed by atoms with Gasteiger partial charge in [0.25, 0.3) is 0 Å². The van der Waals surface area contributed by atoms with E-state index in [2.05, 4.69) is 22.5 Å². The Kier molecular flexibility index (Phi) is 6.18. The first-order valence-corrected chi connectivity index (χ1v) is 8.20. The quantitative estimate of drug-likeness (QED) is 0.663. The number of likely N-dealkylation sites (tertiary alicyclic amines) is 1. The number of hydrogen-bond donors (Lipinski definition) is 2. The van der Waals surface area contributed by atoms with Crippen molar-refractivity contribution in [1.29, 1.82) is 0 Å². The molecule has 0 atom stereocenters. The lowest BCUT2D eigenvalue weighted by molar-refractivity contribution is -0.126. The number of hydrogen-bond acceptors (Lipinski definition) is 4. The van der Waals surface area contributed by atoms with Crippen LogP contribution in [0.5, 0.6) is 0 Å². The molecule has 124 valence electrons. The molecule has 22 heavy (non-hydrogen) atoms. The van der Waals surface area contributed by atoms with E-state index in [4.69, 9.17) is 0 Å². The first kappa shape index (κ1) is 16.7. The average Bonchev–Trinajstić information content (AvgIpc) is 2.81. The second kappa shape index (κ2) is 8.12. The molecular formula is C15H26N4O3. The molecule has 2 N–H and O–H groups in total. The van der Waals surface area contributed by atoms with E-state index in [0.29, 0.717) is 19.4 Å². The van der Waals surface area contributed by atoms with Gasteiger partial charge in [0.05, 0.1) is 6.54 Å². The largest absolute Gasteiger partial charge is 0.353 e. The topological polar surface area (TPSA) is 81.8 Å². The van der Waals surface area contributed by atoms with Crippen LogP contribution in [-0.4, -0.2) is 66.4 Å². The van der Waals surface area contributed by atoms with Crippen molar-refractivity contribution in [1.82, 2.24) is 20.4 Å². The van der Waals surface area contributed by atoms with Gasteiger partial charge in [0.15, 0.2) is 0 Å². The molecule has 0 saturated carbocycles. The molecule has 2 rings (SSSR count). The lowest BCUT2D eigenvalue weighted by Crippen LogP contribution is -2.44. The molecule has 7 nitrogen and oxygen atoms in total. The summed E-state index contributed by atoms with van der Waals surface area (Å²) in [5.74, 6) is -0.199. The van der Waals surface area contributed by atoms with Gasteiger partial charge in [0.2, 0.25) is 11.8 Å². The molecule has 0 bridgehead atoms. The van der Waals surface area contributed by atoms with Crippen LogP contribution in [-0.2, 0) is 9.59 Å². The minimum atomic E-state index is -0.353. The van der Waals surface area contributed by atoms with E-state index < -0.39 is 0 Å². The summed E-state index contributed by atoms with van der Waals surface area (Å²) in [5, 5.41) is 5.53. The SMILES string of the molecule is CCCN1CCC(NC(=O)CCCN2C(=O)CNC2=O)CC1. The molecule has 7 heteroatoms. The van der Waals surface area contributed by atoms with E-state index in [1.165, 1.54) is 11.3 Å². The molecule has 2 heterocycles. The van der Waals surface area contributed by atoms with Crippen LogP contribution < -0.4 is 10.6 Å². The van der Waals surface area contributed by atoms with Crippen LogP contribution in [0.25, 0.3) is 0 Å². The monoisotopic (exact) mass is 310 g/mol. The third-order valence-electron chi connectivity index (χ3n) is 4.22. The zero-order valence-electron chi connectivity index (χ0n) is 13.3. The molecule has 0 spiro atoms. The third kappa shape index (κ3) is 4.69. The van der Waals surface area contributed by atoms with Gasteiger partial charge in [-0.2, -0.15) is 0 Å². The second-order valence-electron chi connectivity index (χ2n) is 5.99. The predicted octanol–water partition coefficient (Wildman–Crippen LogP) is 0.309. The Morgan fingerprint density at radius 2 is 2.00 bits per heavy atom. The number of amides is 4. The number of carbonyl (C=O) groups excluding carboxylic acids is 3. The number of imide groups is 1. The first-order chi connectivity index (χ1) is 10.6. The van der Waals surface area contributed by atoms with Crippen LogP contribution in [0.15, 0.2) is 0 Å². The summed E-state index contributed by atoms with van der Waals surface area (Å²) in [7, 11) is 0. The maximum atomic E-state index is 11.9. The smallest absolute Gasteiger partial charge is 0.324 e. The molecule has 2 aliphatic heterocycles. The Hall–Kier alpha value is -1.63. The van der Waals surface area contributed by atoms with Crippen LogP contribution in [0.3, 0.4) is 0 Å². The normalized spacial score (nSPS) is 20.3. The van der Waals surface area contributed by atoms with E-state index in [1.54, 1.807) is 0 Å². The van der Waals surface area contributed by atoms with E-state index in [0.717, 1.165) is 32.5 Å². The number of carbonyl (C=O) groups is 3. The maximum absolute atomic E-state index is 11.9. The van der Waals surface area contributed by atoms with Gasteiger partial charge >= 0.3 is 6.03 Å². The van der Waals surface area contributed by atoms with Crippen molar-refractivity contribution in [3.05, 3.63) is 0 Å². The highest BCUT2D eigenvalue weighted by Gasteiger charge is 2.28. The number of nitrogens with zero attached hydrogens (tertiary/aromatic N) is 2. The van der Waals surface area contributed by atoms with Crippen molar-refractivity contribution < 1.29 is 14.4 Å². The molecule has 0 aromatic rings. The third-order valence-corrected chi connectivity index (χ3v) is 4.22. The zero-order chi connectivity index (χ0) is 15.9. The Labute approximate surface area is 131 Å². The highest BCUT2D eigenvalue weighted by Crippen LogP contribution is 2.11. The van der Waals surface area contributed by atoms with Crippen LogP contribution in [0.4, 0.5) is 4.79 Å². The van der Waals surface area contributed by atoms with Crippen LogP contribution >= 0.6 is 0 Å². The van der Waals surface area contributed by atoms with Crippen molar-refractivity contribution in [2.45, 2.75) is 45.1 Å². The van der Waals surface area contributed by atoms with Gasteiger partial charge in [-0.25, -0.2) is 4.79 Å². The van der Waals surface area contributed by atoms with E-state index in [-0.39, 0.29) is 30.4 Å². The van der Waals surface area contributed by atoms with Gasteiger partial charge in [0.1, 0.15) is 0 Å². The molecule has 0 unspecified atom stereocenters. The second-order valence-corrected chi connectivity index (χ2v) is 5.99. The lowest BCUT2D eigenvalue weighted by Gasteiger charge is -2.32. The Morgan fingerprint density at radius 1 is 1.27 bits per heavy atom. The van der Waals surface area contributed by atoms with Gasteiger partial charge < -0.3 is 15.5 Å². The molecule has 0 radical (unpaired) electrons. The Bertz CT molecular complexity index is 403. The summed E-state index contributed by atoms with van der Waals surface area (Å²) in [4.78, 5) is 38.3. The maximum Gasteiger partial charge on any atom is 0.324 e. The van der Waals surface area contributed by atoms with Gasteiger partial charge in [-0.3, -0.25) is 14.5 Å². The Morgan fingerprint density at radius 3 is 2.59 bits per heavy atom. The fourth-order valence-corrected chi connectivity index (χ4v) is 3.00. The number of piperidine rings is 1. The van der Waals surface area contributed by atoms with E-state index >= 15 is 0 Å². The van der Waals surface area contributed by atoms with Crippen LogP contribution in [0, 0.1) is 0 Å². The summed E-state index contributed by atoms with van der Waals surface area (Å²) in [6.45, 7) is 5.78. The number of nitrogens with one attached hydrogen (secondary N) is 2. The number of urea groups is 1. The first-order valence-electron chi connectivity index (χ1n) is 8.20. The van der Waals surface area contributed by atoms with Crippen molar-refractivity contribution in [3.63, 3.8) is 0 Å². The fraction of sp³-hybridized carbons (Fsp3) is 0.800. The van der Waals surface area contributed by atoms with Crippen molar-refractivity contribution in [3.8, 4) is 0 Å². The zero-order valence-corrected chi connectivity index (χ0v) is 13.3. The van der Waals surface area contributed by atoms with Gasteiger partial charge in [0, 0.05) is 32.1 Å². The molecule has 0 aromatic carbocycles. The fourth-order valence-electron chi connectivity index (χ4n) is 3.00. The highest BCUT2D eigenvalue weighted by atomic mass is 16.2. The molecular weight excluding hydrogens is 284 g/mol. The Balaban J connectivity index is 1.60. The molecule has 4 amide bonds. The molecule has 2 aliphatic rings. The highest BCUT2D eigenvalue weighted by molar-refractivity contribution is 6.01. The summed E-state index contributed by atoms with van der Waals surface area (Å²) >= 11 is 0. The minimum absolute atomic E-state index is 0.0148. The molecule has 0 aliphatic carbocycles. The molecule has 0 aromatic heterocycles. The average molecular weight is 310 g/mol. The predicted molar refractivity (Wildman–Crippen MR) is 82.2 cm³/mol. The summed E-state index contributed by atoms with van der Waals surface area (Å²) < 4.78 is 0. The van der Waals surface area contributed by atoms with Crippen molar-refractivity contribution in [2.75, 3.05) is 32.7 Å². The van der Waals surface area contributed by atoms with Gasteiger partial charge in [-0.05, 0) is 32.2 Å². The molecule has 2 fully saturated rings. The van der Waals surface area contributed by atoms with Crippen LogP contribution in [0.1, 0.15) is 39.0 Å². The van der Waals surface area contributed by atoms with Gasteiger partial charge in [-0.15, -0.1) is 0 Å². The lowest BCUT2D eigenvalue weighted by atomic mass is 10.0.